The highest BCUT2D eigenvalue weighted by Gasteiger charge is 2.31. The van der Waals surface area contributed by atoms with Crippen LogP contribution in [0.25, 0.3) is 0 Å². The highest BCUT2D eigenvalue weighted by Crippen LogP contribution is 2.24. The number of sulfonamides is 1. The van der Waals surface area contributed by atoms with Crippen molar-refractivity contribution in [3.8, 4) is 5.75 Å². The van der Waals surface area contributed by atoms with Crippen LogP contribution in [0, 0.1) is 6.92 Å². The smallest absolute Gasteiger partial charge is 0.248 e. The molecule has 0 unspecified atom stereocenters. The van der Waals surface area contributed by atoms with Crippen LogP contribution in [-0.2, 0) is 14.8 Å². The number of ether oxygens (including phenoxy) is 1. The maximum atomic E-state index is 12.8. The summed E-state index contributed by atoms with van der Waals surface area (Å²) < 4.78 is 31.0. The van der Waals surface area contributed by atoms with Gasteiger partial charge in [-0.1, -0.05) is 24.6 Å². The Labute approximate surface area is 154 Å². The van der Waals surface area contributed by atoms with E-state index in [2.05, 4.69) is 5.32 Å². The molecule has 0 aliphatic heterocycles. The number of carbonyl (C=O) groups is 1. The lowest BCUT2D eigenvalue weighted by molar-refractivity contribution is -0.117. The van der Waals surface area contributed by atoms with Crippen LogP contribution in [-0.4, -0.2) is 33.7 Å². The van der Waals surface area contributed by atoms with Crippen LogP contribution < -0.4 is 14.4 Å². The number of methoxy groups -OCH3 is 1. The minimum atomic E-state index is -3.64. The molecular weight excluding hydrogens is 352 g/mol. The fourth-order valence-corrected chi connectivity index (χ4v) is 3.86. The zero-order chi connectivity index (χ0) is 19.3. The molecule has 0 heterocycles. The van der Waals surface area contributed by atoms with E-state index in [1.54, 1.807) is 50.4 Å². The summed E-state index contributed by atoms with van der Waals surface area (Å²) in [5.74, 6) is 0.288. The van der Waals surface area contributed by atoms with E-state index in [1.165, 1.54) is 4.31 Å². The van der Waals surface area contributed by atoms with E-state index in [0.717, 1.165) is 11.8 Å². The fraction of sp³-hybridized carbons (Fsp3) is 0.316. The molecule has 2 aromatic rings. The molecule has 2 aromatic carbocycles. The van der Waals surface area contributed by atoms with E-state index < -0.39 is 16.1 Å². The highest BCUT2D eigenvalue weighted by atomic mass is 32.2. The lowest BCUT2D eigenvalue weighted by Gasteiger charge is -2.30. The molecule has 1 N–H and O–H groups in total. The van der Waals surface area contributed by atoms with Gasteiger partial charge in [-0.3, -0.25) is 9.10 Å². The van der Waals surface area contributed by atoms with E-state index in [-0.39, 0.29) is 5.91 Å². The molecule has 0 bridgehead atoms. The summed E-state index contributed by atoms with van der Waals surface area (Å²) in [6.45, 7) is 3.70. The Morgan fingerprint density at radius 3 is 2.15 bits per heavy atom. The average molecular weight is 376 g/mol. The first-order chi connectivity index (χ1) is 12.3. The van der Waals surface area contributed by atoms with Crippen LogP contribution in [0.15, 0.2) is 48.5 Å². The molecule has 0 fully saturated rings. The third kappa shape index (κ3) is 4.76. The lowest BCUT2D eigenvalue weighted by Crippen LogP contribution is -2.47. The minimum Gasteiger partial charge on any atom is -0.497 e. The van der Waals surface area contributed by atoms with Gasteiger partial charge in [0.15, 0.2) is 0 Å². The average Bonchev–Trinajstić information content (AvgIpc) is 2.60. The van der Waals surface area contributed by atoms with Gasteiger partial charge < -0.3 is 10.1 Å². The Bertz CT molecular complexity index is 846. The van der Waals surface area contributed by atoms with E-state index in [1.807, 2.05) is 19.1 Å². The second-order valence-electron chi connectivity index (χ2n) is 6.04. The van der Waals surface area contributed by atoms with E-state index in [0.29, 0.717) is 23.5 Å². The second-order valence-corrected chi connectivity index (χ2v) is 7.90. The van der Waals surface area contributed by atoms with Gasteiger partial charge in [0, 0.05) is 5.69 Å². The molecule has 0 aliphatic carbocycles. The monoisotopic (exact) mass is 376 g/mol. The molecule has 1 atom stereocenters. The molecule has 140 valence electrons. The summed E-state index contributed by atoms with van der Waals surface area (Å²) in [7, 11) is -2.08. The molecule has 6 nitrogen and oxygen atoms in total. The van der Waals surface area contributed by atoms with Crippen molar-refractivity contribution in [2.45, 2.75) is 26.3 Å². The largest absolute Gasteiger partial charge is 0.497 e. The number of hydrogen-bond acceptors (Lipinski definition) is 4. The van der Waals surface area contributed by atoms with E-state index in [9.17, 15) is 13.2 Å². The Morgan fingerprint density at radius 2 is 1.69 bits per heavy atom. The van der Waals surface area contributed by atoms with Gasteiger partial charge >= 0.3 is 0 Å². The van der Waals surface area contributed by atoms with E-state index >= 15 is 0 Å². The molecule has 0 saturated heterocycles. The molecular formula is C19H24N2O4S. The number of benzene rings is 2. The lowest BCUT2D eigenvalue weighted by atomic mass is 10.1. The van der Waals surface area contributed by atoms with Crippen LogP contribution in [0.1, 0.15) is 18.9 Å². The van der Waals surface area contributed by atoms with Crippen molar-refractivity contribution in [2.24, 2.45) is 0 Å². The van der Waals surface area contributed by atoms with Crippen molar-refractivity contribution in [2.75, 3.05) is 23.0 Å². The molecule has 0 spiro atoms. The quantitative estimate of drug-likeness (QED) is 0.805. The third-order valence-electron chi connectivity index (χ3n) is 3.98. The Kier molecular flexibility index (Phi) is 6.26. The zero-order valence-corrected chi connectivity index (χ0v) is 16.2. The maximum absolute atomic E-state index is 12.8. The molecule has 7 heteroatoms. The summed E-state index contributed by atoms with van der Waals surface area (Å²) in [4.78, 5) is 12.8. The number of hydrogen-bond donors (Lipinski definition) is 1. The van der Waals surface area contributed by atoms with Gasteiger partial charge in [0.05, 0.1) is 19.1 Å². The summed E-state index contributed by atoms with van der Waals surface area (Å²) in [5.41, 5.74) is 2.05. The maximum Gasteiger partial charge on any atom is 0.248 e. The molecule has 0 radical (unpaired) electrons. The number of aryl methyl sites for hydroxylation is 1. The van der Waals surface area contributed by atoms with Gasteiger partial charge in [0.1, 0.15) is 11.8 Å². The Morgan fingerprint density at radius 1 is 1.12 bits per heavy atom. The van der Waals surface area contributed by atoms with Crippen LogP contribution >= 0.6 is 0 Å². The fourth-order valence-electron chi connectivity index (χ4n) is 2.65. The number of nitrogens with zero attached hydrogens (tertiary/aromatic N) is 1. The number of anilines is 2. The van der Waals surface area contributed by atoms with Crippen LogP contribution in [0.3, 0.4) is 0 Å². The predicted octanol–water partition coefficient (Wildman–Crippen LogP) is 3.19. The van der Waals surface area contributed by atoms with Crippen molar-refractivity contribution >= 4 is 27.3 Å². The second kappa shape index (κ2) is 8.23. The topological polar surface area (TPSA) is 75.7 Å². The predicted molar refractivity (Wildman–Crippen MR) is 104 cm³/mol. The first kappa shape index (κ1) is 19.8. The zero-order valence-electron chi connectivity index (χ0n) is 15.4. The van der Waals surface area contributed by atoms with Gasteiger partial charge in [-0.25, -0.2) is 8.42 Å². The van der Waals surface area contributed by atoms with Gasteiger partial charge in [-0.05, 0) is 49.7 Å². The standard InChI is InChI=1S/C19H24N2O4S/c1-5-18(19(22)20-15-8-12-17(25-3)13-9-15)21(26(4,23)24)16-10-6-14(2)7-11-16/h6-13,18H,5H2,1-4H3,(H,20,22)/t18-/m1/s1. The van der Waals surface area contributed by atoms with Gasteiger partial charge in [0.25, 0.3) is 0 Å². The number of amides is 1. The molecule has 2 rings (SSSR count). The minimum absolute atomic E-state index is 0.336. The number of nitrogens with one attached hydrogen (secondary N) is 1. The van der Waals surface area contributed by atoms with Crippen LogP contribution in [0.5, 0.6) is 5.75 Å². The first-order valence-corrected chi connectivity index (χ1v) is 10.1. The first-order valence-electron chi connectivity index (χ1n) is 8.27. The summed E-state index contributed by atoms with van der Waals surface area (Å²) in [6, 6.07) is 13.1. The summed E-state index contributed by atoms with van der Waals surface area (Å²) >= 11 is 0. The van der Waals surface area contributed by atoms with Crippen LogP contribution in [0.4, 0.5) is 11.4 Å². The van der Waals surface area contributed by atoms with Crippen molar-refractivity contribution in [3.63, 3.8) is 0 Å². The van der Waals surface area contributed by atoms with Crippen LogP contribution in [0.2, 0.25) is 0 Å². The summed E-state index contributed by atoms with van der Waals surface area (Å²) in [5, 5.41) is 2.78. The molecule has 0 saturated carbocycles. The van der Waals surface area contributed by atoms with E-state index in [4.69, 9.17) is 4.74 Å². The number of rotatable bonds is 7. The molecule has 1 amide bonds. The van der Waals surface area contributed by atoms with Crippen molar-refractivity contribution in [3.05, 3.63) is 54.1 Å². The molecule has 0 aliphatic rings. The highest BCUT2D eigenvalue weighted by molar-refractivity contribution is 7.92. The van der Waals surface area contributed by atoms with Crippen molar-refractivity contribution < 1.29 is 17.9 Å². The van der Waals surface area contributed by atoms with Gasteiger partial charge in [-0.15, -0.1) is 0 Å². The van der Waals surface area contributed by atoms with Gasteiger partial charge in [-0.2, -0.15) is 0 Å². The van der Waals surface area contributed by atoms with Crippen molar-refractivity contribution in [1.82, 2.24) is 0 Å². The number of carbonyl (C=O) groups excluding carboxylic acids is 1. The Balaban J connectivity index is 2.31. The normalized spacial score (nSPS) is 12.3. The third-order valence-corrected chi connectivity index (χ3v) is 5.16. The van der Waals surface area contributed by atoms with Gasteiger partial charge in [0.2, 0.25) is 15.9 Å². The Hall–Kier alpha value is -2.54. The molecule has 26 heavy (non-hydrogen) atoms. The summed E-state index contributed by atoms with van der Waals surface area (Å²) in [6.07, 6.45) is 1.44. The SMILES string of the molecule is CC[C@H](C(=O)Nc1ccc(OC)cc1)N(c1ccc(C)cc1)S(C)(=O)=O. The van der Waals surface area contributed by atoms with Crippen molar-refractivity contribution in [1.29, 1.82) is 0 Å². The molecule has 0 aromatic heterocycles.